The number of primary amides is 1. The van der Waals surface area contributed by atoms with E-state index in [1.807, 2.05) is 13.8 Å². The van der Waals surface area contributed by atoms with E-state index >= 15 is 4.39 Å². The number of likely N-dealkylation sites (tertiary alicyclic amines) is 1. The van der Waals surface area contributed by atoms with Crippen molar-refractivity contribution in [2.45, 2.75) is 54.5 Å². The Hall–Kier alpha value is -4.78. The van der Waals surface area contributed by atoms with Gasteiger partial charge >= 0.3 is 12.0 Å². The minimum Gasteiger partial charge on any atom is -0.479 e. The van der Waals surface area contributed by atoms with Crippen molar-refractivity contribution in [3.05, 3.63) is 102 Å². The zero-order valence-corrected chi connectivity index (χ0v) is 25.5. The molecule has 238 valence electrons. The first-order valence-corrected chi connectivity index (χ1v) is 15.8. The first-order valence-electron chi connectivity index (χ1n) is 14.3. The number of carbonyl (C=O) groups excluding carboxylic acids is 3. The second-order valence-electron chi connectivity index (χ2n) is 11.3. The van der Waals surface area contributed by atoms with E-state index in [0.29, 0.717) is 0 Å². The molecule has 4 atom stereocenters. The van der Waals surface area contributed by atoms with Gasteiger partial charge in [-0.25, -0.2) is 22.4 Å². The summed E-state index contributed by atoms with van der Waals surface area (Å²) in [6.07, 6.45) is -1.37. The maximum atomic E-state index is 15.5. The fraction of sp³-hybridized carbons (Fsp3) is 0.312. The van der Waals surface area contributed by atoms with Crippen LogP contribution in [0, 0.1) is 11.7 Å². The average molecular weight is 639 g/mol. The van der Waals surface area contributed by atoms with Crippen molar-refractivity contribution >= 4 is 33.7 Å². The van der Waals surface area contributed by atoms with Crippen molar-refractivity contribution in [2.24, 2.45) is 11.7 Å². The molecule has 4 unspecified atom stereocenters. The maximum Gasteiger partial charge on any atom is 0.334 e. The summed E-state index contributed by atoms with van der Waals surface area (Å²) < 4.78 is 43.8. The van der Waals surface area contributed by atoms with Crippen molar-refractivity contribution in [1.82, 2.24) is 15.5 Å². The Kier molecular flexibility index (Phi) is 9.91. The number of aliphatic carboxylic acids is 1. The number of nitrogens with zero attached hydrogens (tertiary/aromatic N) is 1. The number of hydrogen-bond donors (Lipinski definition) is 4. The lowest BCUT2D eigenvalue weighted by Crippen LogP contribution is -2.57. The zero-order chi connectivity index (χ0) is 32.9. The van der Waals surface area contributed by atoms with Gasteiger partial charge in [0.15, 0.2) is 15.4 Å². The lowest BCUT2D eigenvalue weighted by atomic mass is 9.85. The van der Waals surface area contributed by atoms with Gasteiger partial charge in [0.2, 0.25) is 11.8 Å². The zero-order valence-electron chi connectivity index (χ0n) is 24.7. The van der Waals surface area contributed by atoms with Gasteiger partial charge < -0.3 is 26.4 Å². The summed E-state index contributed by atoms with van der Waals surface area (Å²) in [6.45, 7) is 3.89. The number of nitrogens with two attached hydrogens (primary N) is 1. The topological polar surface area (TPSA) is 176 Å². The third kappa shape index (κ3) is 6.83. The maximum absolute atomic E-state index is 15.5. The first kappa shape index (κ1) is 33.1. The molecule has 3 aromatic carbocycles. The fourth-order valence-electron chi connectivity index (χ4n) is 5.69. The van der Waals surface area contributed by atoms with Crippen molar-refractivity contribution in [3.63, 3.8) is 0 Å². The van der Waals surface area contributed by atoms with E-state index in [0.717, 1.165) is 11.0 Å². The summed E-state index contributed by atoms with van der Waals surface area (Å²) in [5, 5.41) is 13.8. The molecule has 0 aromatic heterocycles. The highest BCUT2D eigenvalue weighted by Gasteiger charge is 2.55. The lowest BCUT2D eigenvalue weighted by molar-refractivity contribution is -0.151. The van der Waals surface area contributed by atoms with Gasteiger partial charge in [0.05, 0.1) is 22.6 Å². The molecule has 4 amide bonds. The first-order chi connectivity index (χ1) is 21.3. The van der Waals surface area contributed by atoms with Crippen LogP contribution in [0.25, 0.3) is 0 Å². The quantitative estimate of drug-likeness (QED) is 0.249. The van der Waals surface area contributed by atoms with Crippen molar-refractivity contribution in [3.8, 4) is 0 Å². The highest BCUT2D eigenvalue weighted by molar-refractivity contribution is 7.92. The summed E-state index contributed by atoms with van der Waals surface area (Å²) in [5.74, 6) is -4.15. The van der Waals surface area contributed by atoms with Gasteiger partial charge in [0.1, 0.15) is 11.9 Å². The average Bonchev–Trinajstić information content (AvgIpc) is 3.42. The van der Waals surface area contributed by atoms with Crippen LogP contribution in [0.4, 0.5) is 9.18 Å². The second kappa shape index (κ2) is 13.5. The third-order valence-electron chi connectivity index (χ3n) is 7.80. The largest absolute Gasteiger partial charge is 0.479 e. The molecule has 0 aliphatic carbocycles. The number of urea groups is 1. The number of nitrogens with one attached hydrogen (secondary N) is 2. The molecule has 0 saturated carbocycles. The molecule has 0 spiro atoms. The molecule has 1 heterocycles. The molecule has 5 N–H and O–H groups in total. The Bertz CT molecular complexity index is 1670. The van der Waals surface area contributed by atoms with Crippen LogP contribution in [0.1, 0.15) is 43.9 Å². The van der Waals surface area contributed by atoms with Gasteiger partial charge in [-0.05, 0) is 36.1 Å². The van der Waals surface area contributed by atoms with Gasteiger partial charge in [-0.3, -0.25) is 9.59 Å². The molecule has 1 saturated heterocycles. The smallest absolute Gasteiger partial charge is 0.334 e. The molecule has 13 heteroatoms. The Morgan fingerprint density at radius 2 is 1.56 bits per heavy atom. The highest BCUT2D eigenvalue weighted by Crippen LogP contribution is 2.44. The molecule has 3 aromatic rings. The number of rotatable bonds is 11. The van der Waals surface area contributed by atoms with Gasteiger partial charge in [0, 0.05) is 12.1 Å². The molecule has 1 aliphatic rings. The fourth-order valence-corrected chi connectivity index (χ4v) is 7.63. The van der Waals surface area contributed by atoms with Gasteiger partial charge in [-0.1, -0.05) is 80.6 Å². The Labute approximate surface area is 260 Å². The standard InChI is InChI=1S/C32H35FN4O7S/c1-20(2)19-35-29(39)25-17-26(45(43,44)22-13-7-4-8-14-22)28(23-15-9-10-16-24(23)33)37(25)27(38)18-32(30(40)41,36-31(34)42)21-11-5-3-6-12-21/h3-16,20,25-26,28H,17-19H2,1-2H3,(H,35,39)(H,40,41)(H3,34,36,42). The van der Waals surface area contributed by atoms with Crippen LogP contribution in [0.2, 0.25) is 0 Å². The molecule has 0 bridgehead atoms. The lowest BCUT2D eigenvalue weighted by Gasteiger charge is -2.36. The molecule has 4 rings (SSSR count). The van der Waals surface area contributed by atoms with Crippen LogP contribution >= 0.6 is 0 Å². The Morgan fingerprint density at radius 1 is 0.978 bits per heavy atom. The molecule has 0 radical (unpaired) electrons. The molecular weight excluding hydrogens is 603 g/mol. The summed E-state index contributed by atoms with van der Waals surface area (Å²) in [6, 6.07) is 15.9. The van der Waals surface area contributed by atoms with Crippen LogP contribution in [0.5, 0.6) is 0 Å². The summed E-state index contributed by atoms with van der Waals surface area (Å²) in [5.41, 5.74) is 2.81. The second-order valence-corrected chi connectivity index (χ2v) is 13.5. The van der Waals surface area contributed by atoms with E-state index in [1.165, 1.54) is 66.7 Å². The molecule has 45 heavy (non-hydrogen) atoms. The van der Waals surface area contributed by atoms with Crippen molar-refractivity contribution in [1.29, 1.82) is 0 Å². The summed E-state index contributed by atoms with van der Waals surface area (Å²) in [7, 11) is -4.29. The van der Waals surface area contributed by atoms with E-state index in [4.69, 9.17) is 5.73 Å². The number of carboxylic acids is 1. The number of benzene rings is 3. The molecular formula is C32H35FN4O7S. The van der Waals surface area contributed by atoms with E-state index in [-0.39, 0.29) is 28.5 Å². The van der Waals surface area contributed by atoms with Crippen LogP contribution in [0.3, 0.4) is 0 Å². The summed E-state index contributed by atoms with van der Waals surface area (Å²) in [4.78, 5) is 53.9. The number of sulfone groups is 1. The third-order valence-corrected chi connectivity index (χ3v) is 9.97. The van der Waals surface area contributed by atoms with E-state index in [1.54, 1.807) is 12.1 Å². The highest BCUT2D eigenvalue weighted by atomic mass is 32.2. The van der Waals surface area contributed by atoms with Crippen molar-refractivity contribution in [2.75, 3.05) is 6.54 Å². The predicted octanol–water partition coefficient (Wildman–Crippen LogP) is 3.12. The molecule has 11 nitrogen and oxygen atoms in total. The molecule has 1 aliphatic heterocycles. The van der Waals surface area contributed by atoms with Crippen LogP contribution in [-0.2, 0) is 29.8 Å². The number of carboxylic acid groups (broad SMARTS) is 1. The van der Waals surface area contributed by atoms with Crippen molar-refractivity contribution < 1.29 is 37.1 Å². The van der Waals surface area contributed by atoms with E-state index in [2.05, 4.69) is 10.6 Å². The van der Waals surface area contributed by atoms with E-state index < -0.39 is 75.2 Å². The number of halogens is 1. The SMILES string of the molecule is CC(C)CNC(=O)C1CC(S(=O)(=O)c2ccccc2)C(c2ccccc2F)N1C(=O)CC(NC(N)=O)(C(=O)O)c1ccccc1. The Morgan fingerprint density at radius 3 is 2.11 bits per heavy atom. The van der Waals surface area contributed by atoms with Gasteiger partial charge in [-0.2, -0.15) is 0 Å². The van der Waals surface area contributed by atoms with Gasteiger partial charge in [-0.15, -0.1) is 0 Å². The minimum absolute atomic E-state index is 0.000514. The van der Waals surface area contributed by atoms with E-state index in [9.17, 15) is 32.7 Å². The normalized spacial score (nSPS) is 19.5. The summed E-state index contributed by atoms with van der Waals surface area (Å²) >= 11 is 0. The van der Waals surface area contributed by atoms with Crippen LogP contribution in [0.15, 0.2) is 89.8 Å². The number of hydrogen-bond acceptors (Lipinski definition) is 6. The molecule has 1 fully saturated rings. The monoisotopic (exact) mass is 638 g/mol. The number of amides is 4. The minimum atomic E-state index is -4.29. The Balaban J connectivity index is 1.92. The predicted molar refractivity (Wildman–Crippen MR) is 163 cm³/mol. The van der Waals surface area contributed by atoms with Crippen LogP contribution < -0.4 is 16.4 Å². The van der Waals surface area contributed by atoms with Crippen LogP contribution in [-0.4, -0.2) is 60.1 Å². The van der Waals surface area contributed by atoms with Gasteiger partial charge in [0.25, 0.3) is 0 Å². The number of carbonyl (C=O) groups is 4.